The minimum absolute atomic E-state index is 0.0471. The molecule has 1 aromatic carbocycles. The number of rotatable bonds is 3. The van der Waals surface area contributed by atoms with E-state index in [0.29, 0.717) is 39.6 Å². The first-order valence-electron chi connectivity index (χ1n) is 8.75. The third-order valence-corrected chi connectivity index (χ3v) is 5.88. The van der Waals surface area contributed by atoms with Crippen LogP contribution in [0.1, 0.15) is 29.6 Å². The maximum absolute atomic E-state index is 12.9. The minimum Gasteiger partial charge on any atom is -0.338 e. The fourth-order valence-corrected chi connectivity index (χ4v) is 4.53. The molecule has 2 aromatic rings. The molecular weight excluding hydrogens is 334 g/mol. The lowest BCUT2D eigenvalue weighted by molar-refractivity contribution is 0.0781. The summed E-state index contributed by atoms with van der Waals surface area (Å²) in [6.45, 7) is 5.74. The van der Waals surface area contributed by atoms with Crippen LogP contribution in [0, 0.1) is 16.6 Å². The molecule has 0 radical (unpaired) electrons. The van der Waals surface area contributed by atoms with E-state index in [1.807, 2.05) is 4.90 Å². The van der Waals surface area contributed by atoms with Crippen molar-refractivity contribution in [2.45, 2.75) is 25.8 Å². The topological polar surface area (TPSA) is 58.1 Å². The van der Waals surface area contributed by atoms with Gasteiger partial charge in [0.1, 0.15) is 0 Å². The number of carbonyl (C=O) groups excluding carboxylic acids is 1. The number of hydrogen-bond donors (Lipinski definition) is 1. The number of fused-ring (bicyclic) bond motifs is 2. The predicted molar refractivity (Wildman–Crippen MR) is 100 cm³/mol. The number of nitrogens with zero attached hydrogens (tertiary/aromatic N) is 2. The van der Waals surface area contributed by atoms with Crippen molar-refractivity contribution in [1.82, 2.24) is 14.5 Å². The van der Waals surface area contributed by atoms with Crippen molar-refractivity contribution < 1.29 is 4.79 Å². The molecule has 1 saturated carbocycles. The summed E-state index contributed by atoms with van der Waals surface area (Å²) in [6.07, 6.45) is 5.41. The third kappa shape index (κ3) is 2.74. The van der Waals surface area contributed by atoms with Gasteiger partial charge in [-0.3, -0.25) is 14.2 Å². The molecular formula is C19H21N3O2S. The Kier molecular flexibility index (Phi) is 4.07. The predicted octanol–water partition coefficient (Wildman–Crippen LogP) is 3.12. The number of allylic oxidation sites excluding steroid dienone is 1. The normalized spacial score (nSPS) is 22.3. The van der Waals surface area contributed by atoms with Crippen LogP contribution in [0.3, 0.4) is 0 Å². The van der Waals surface area contributed by atoms with Gasteiger partial charge in [-0.15, -0.1) is 6.58 Å². The molecule has 2 atom stereocenters. The van der Waals surface area contributed by atoms with Crippen molar-refractivity contribution in [3.8, 4) is 0 Å². The van der Waals surface area contributed by atoms with Crippen LogP contribution < -0.4 is 5.56 Å². The van der Waals surface area contributed by atoms with Crippen molar-refractivity contribution in [3.63, 3.8) is 0 Å². The number of H-pyrrole nitrogens is 1. The molecule has 0 spiro atoms. The highest BCUT2D eigenvalue weighted by Crippen LogP contribution is 2.38. The molecule has 1 aromatic heterocycles. The van der Waals surface area contributed by atoms with Crippen molar-refractivity contribution in [1.29, 1.82) is 0 Å². The van der Waals surface area contributed by atoms with Gasteiger partial charge in [0.15, 0.2) is 4.77 Å². The number of likely N-dealkylation sites (tertiary alicyclic amines) is 1. The summed E-state index contributed by atoms with van der Waals surface area (Å²) in [5.74, 6) is 1.38. The number of nitrogens with one attached hydrogen (secondary N) is 1. The molecule has 1 aliphatic heterocycles. The monoisotopic (exact) mass is 355 g/mol. The van der Waals surface area contributed by atoms with Crippen molar-refractivity contribution in [3.05, 3.63) is 51.5 Å². The Balaban J connectivity index is 1.68. The molecule has 2 aliphatic rings. The van der Waals surface area contributed by atoms with Crippen LogP contribution in [0.2, 0.25) is 0 Å². The van der Waals surface area contributed by atoms with Crippen LogP contribution in [-0.4, -0.2) is 33.4 Å². The molecule has 130 valence electrons. The molecule has 1 aliphatic carbocycles. The first kappa shape index (κ1) is 16.3. The SMILES string of the molecule is C=CCn1c(=S)[nH]c2cc(C(=O)N3C[C@H]4CCC[C@H]4C3)ccc2c1=O. The van der Waals surface area contributed by atoms with Gasteiger partial charge in [-0.05, 0) is 55.1 Å². The summed E-state index contributed by atoms with van der Waals surface area (Å²) in [5.41, 5.74) is 1.06. The van der Waals surface area contributed by atoms with Crippen LogP contribution in [-0.2, 0) is 6.54 Å². The van der Waals surface area contributed by atoms with E-state index in [4.69, 9.17) is 12.2 Å². The second-order valence-corrected chi connectivity index (χ2v) is 7.44. The quantitative estimate of drug-likeness (QED) is 0.680. The van der Waals surface area contributed by atoms with Crippen LogP contribution in [0.5, 0.6) is 0 Å². The van der Waals surface area contributed by atoms with Crippen LogP contribution in [0.4, 0.5) is 0 Å². The van der Waals surface area contributed by atoms with Gasteiger partial charge in [0.2, 0.25) is 0 Å². The van der Waals surface area contributed by atoms with E-state index in [0.717, 1.165) is 13.1 Å². The summed E-state index contributed by atoms with van der Waals surface area (Å²) in [7, 11) is 0. The van der Waals surface area contributed by atoms with E-state index in [9.17, 15) is 9.59 Å². The maximum Gasteiger partial charge on any atom is 0.262 e. The van der Waals surface area contributed by atoms with E-state index < -0.39 is 0 Å². The zero-order valence-electron chi connectivity index (χ0n) is 14.0. The standard InChI is InChI=1S/C19H21N3O2S/c1-2-8-22-18(24)15-7-6-12(9-16(15)20-19(22)25)17(23)21-10-13-4-3-5-14(13)11-21/h2,6-7,9,13-14H,1,3-5,8,10-11H2,(H,20,25)/t13-,14+. The first-order valence-corrected chi connectivity index (χ1v) is 9.16. The third-order valence-electron chi connectivity index (χ3n) is 5.55. The largest absolute Gasteiger partial charge is 0.338 e. The number of aromatic nitrogens is 2. The zero-order valence-corrected chi connectivity index (χ0v) is 14.8. The maximum atomic E-state index is 12.9. The molecule has 1 amide bonds. The second-order valence-electron chi connectivity index (χ2n) is 7.06. The Morgan fingerprint density at radius 2 is 2.04 bits per heavy atom. The average Bonchev–Trinajstić information content (AvgIpc) is 3.19. The lowest BCUT2D eigenvalue weighted by Gasteiger charge is -2.17. The second kappa shape index (κ2) is 6.26. The molecule has 5 nitrogen and oxygen atoms in total. The average molecular weight is 355 g/mol. The van der Waals surface area contributed by atoms with Gasteiger partial charge in [0.05, 0.1) is 10.9 Å². The van der Waals surface area contributed by atoms with E-state index >= 15 is 0 Å². The van der Waals surface area contributed by atoms with Gasteiger partial charge in [0.25, 0.3) is 11.5 Å². The molecule has 6 heteroatoms. The van der Waals surface area contributed by atoms with Crippen LogP contribution in [0.25, 0.3) is 10.9 Å². The lowest BCUT2D eigenvalue weighted by atomic mass is 10.0. The van der Waals surface area contributed by atoms with E-state index in [1.54, 1.807) is 24.3 Å². The lowest BCUT2D eigenvalue weighted by Crippen LogP contribution is -2.29. The highest BCUT2D eigenvalue weighted by atomic mass is 32.1. The number of amides is 1. The molecule has 25 heavy (non-hydrogen) atoms. The molecule has 0 unspecified atom stereocenters. The number of hydrogen-bond acceptors (Lipinski definition) is 3. The molecule has 2 heterocycles. The van der Waals surface area contributed by atoms with E-state index in [1.165, 1.54) is 23.8 Å². The highest BCUT2D eigenvalue weighted by Gasteiger charge is 2.38. The summed E-state index contributed by atoms with van der Waals surface area (Å²) in [4.78, 5) is 30.4. The van der Waals surface area contributed by atoms with Gasteiger partial charge < -0.3 is 9.88 Å². The van der Waals surface area contributed by atoms with E-state index in [2.05, 4.69) is 11.6 Å². The highest BCUT2D eigenvalue weighted by molar-refractivity contribution is 7.71. The van der Waals surface area contributed by atoms with Gasteiger partial charge in [-0.2, -0.15) is 0 Å². The Morgan fingerprint density at radius 1 is 1.32 bits per heavy atom. The van der Waals surface area contributed by atoms with Crippen LogP contribution in [0.15, 0.2) is 35.6 Å². The summed E-state index contributed by atoms with van der Waals surface area (Å²) >= 11 is 5.27. The molecule has 2 fully saturated rings. The zero-order chi connectivity index (χ0) is 17.6. The van der Waals surface area contributed by atoms with Gasteiger partial charge in [-0.25, -0.2) is 0 Å². The molecule has 1 N–H and O–H groups in total. The summed E-state index contributed by atoms with van der Waals surface area (Å²) in [6, 6.07) is 5.21. The van der Waals surface area contributed by atoms with Gasteiger partial charge in [0, 0.05) is 25.2 Å². The molecule has 4 rings (SSSR count). The van der Waals surface area contributed by atoms with Crippen molar-refractivity contribution in [2.75, 3.05) is 13.1 Å². The minimum atomic E-state index is -0.159. The molecule has 0 bridgehead atoms. The Labute approximate surface area is 151 Å². The summed E-state index contributed by atoms with van der Waals surface area (Å²) in [5, 5.41) is 0.533. The van der Waals surface area contributed by atoms with Crippen molar-refractivity contribution in [2.24, 2.45) is 11.8 Å². The van der Waals surface area contributed by atoms with E-state index in [-0.39, 0.29) is 11.5 Å². The Morgan fingerprint density at radius 3 is 2.72 bits per heavy atom. The summed E-state index contributed by atoms with van der Waals surface area (Å²) < 4.78 is 1.81. The van der Waals surface area contributed by atoms with Gasteiger partial charge in [-0.1, -0.05) is 12.5 Å². The Hall–Kier alpha value is -2.21. The number of benzene rings is 1. The van der Waals surface area contributed by atoms with Crippen LogP contribution >= 0.6 is 12.2 Å². The number of carbonyl (C=O) groups is 1. The first-order chi connectivity index (χ1) is 12.1. The smallest absolute Gasteiger partial charge is 0.262 e. The van der Waals surface area contributed by atoms with Gasteiger partial charge >= 0.3 is 0 Å². The Bertz CT molecular complexity index is 963. The van der Waals surface area contributed by atoms with Crippen molar-refractivity contribution >= 4 is 29.0 Å². The fourth-order valence-electron chi connectivity index (χ4n) is 4.27. The number of aromatic amines is 1. The fraction of sp³-hybridized carbons (Fsp3) is 0.421. The molecule has 1 saturated heterocycles.